The molecule has 156 valence electrons. The Bertz CT molecular complexity index is 993. The second-order valence-electron chi connectivity index (χ2n) is 8.17. The van der Waals surface area contributed by atoms with Gasteiger partial charge in [-0.25, -0.2) is 8.42 Å². The van der Waals surface area contributed by atoms with Crippen LogP contribution in [0.2, 0.25) is 0 Å². The van der Waals surface area contributed by atoms with Crippen molar-refractivity contribution >= 4 is 15.9 Å². The molecule has 2 aromatic carbocycles. The van der Waals surface area contributed by atoms with Crippen LogP contribution in [0, 0.1) is 19.8 Å². The molecule has 0 radical (unpaired) electrons. The van der Waals surface area contributed by atoms with Crippen LogP contribution in [0.25, 0.3) is 0 Å². The van der Waals surface area contributed by atoms with E-state index < -0.39 is 10.0 Å². The van der Waals surface area contributed by atoms with E-state index in [1.165, 1.54) is 10.4 Å². The molecule has 5 nitrogen and oxygen atoms in total. The highest BCUT2D eigenvalue weighted by Gasteiger charge is 2.28. The van der Waals surface area contributed by atoms with Crippen molar-refractivity contribution in [1.29, 1.82) is 0 Å². The fourth-order valence-electron chi connectivity index (χ4n) is 3.76. The lowest BCUT2D eigenvalue weighted by Gasteiger charge is -2.29. The van der Waals surface area contributed by atoms with Crippen LogP contribution in [-0.2, 0) is 10.0 Å². The second kappa shape index (κ2) is 8.67. The quantitative estimate of drug-likeness (QED) is 0.797. The molecule has 0 aliphatic carbocycles. The molecular formula is C23H30N2O3S. The SMILES string of the molecule is Cc1ccc(C)c([C@@H](C)NC(=O)c2cccc(S(=O)(=O)N3CCC(C)CC3)c2)c1. The molecule has 1 heterocycles. The van der Waals surface area contributed by atoms with Crippen LogP contribution in [0.3, 0.4) is 0 Å². The van der Waals surface area contributed by atoms with Crippen molar-refractivity contribution in [2.75, 3.05) is 13.1 Å². The molecule has 1 atom stereocenters. The Balaban J connectivity index is 1.78. The molecule has 3 rings (SSSR count). The van der Waals surface area contributed by atoms with Crippen molar-refractivity contribution in [3.63, 3.8) is 0 Å². The largest absolute Gasteiger partial charge is 0.346 e. The first kappa shape index (κ1) is 21.5. The van der Waals surface area contributed by atoms with E-state index >= 15 is 0 Å². The van der Waals surface area contributed by atoms with Gasteiger partial charge in [-0.1, -0.05) is 36.8 Å². The fraction of sp³-hybridized carbons (Fsp3) is 0.435. The van der Waals surface area contributed by atoms with Crippen molar-refractivity contribution in [2.45, 2.75) is 51.5 Å². The summed E-state index contributed by atoms with van der Waals surface area (Å²) in [6, 6.07) is 12.3. The van der Waals surface area contributed by atoms with Gasteiger partial charge in [-0.05, 0) is 68.9 Å². The molecule has 6 heteroatoms. The van der Waals surface area contributed by atoms with Gasteiger partial charge in [-0.15, -0.1) is 0 Å². The van der Waals surface area contributed by atoms with E-state index in [0.29, 0.717) is 24.6 Å². The molecule has 0 bridgehead atoms. The molecule has 1 aliphatic rings. The zero-order valence-corrected chi connectivity index (χ0v) is 18.4. The summed E-state index contributed by atoms with van der Waals surface area (Å²) in [5.41, 5.74) is 3.66. The summed E-state index contributed by atoms with van der Waals surface area (Å²) in [7, 11) is -3.58. The number of amides is 1. The molecule has 1 aliphatic heterocycles. The molecule has 0 aromatic heterocycles. The highest BCUT2D eigenvalue weighted by atomic mass is 32.2. The van der Waals surface area contributed by atoms with Crippen molar-refractivity contribution in [3.8, 4) is 0 Å². The number of rotatable bonds is 5. The third-order valence-electron chi connectivity index (χ3n) is 5.73. The highest BCUT2D eigenvalue weighted by molar-refractivity contribution is 7.89. The maximum atomic E-state index is 13.0. The zero-order chi connectivity index (χ0) is 21.2. The number of hydrogen-bond donors (Lipinski definition) is 1. The first-order chi connectivity index (χ1) is 13.7. The summed E-state index contributed by atoms with van der Waals surface area (Å²) in [6.45, 7) is 9.19. The third-order valence-corrected chi connectivity index (χ3v) is 7.62. The normalized spacial score (nSPS) is 17.1. The Hall–Kier alpha value is -2.18. The number of carbonyl (C=O) groups excluding carboxylic acids is 1. The lowest BCUT2D eigenvalue weighted by atomic mass is 10.00. The Morgan fingerprint density at radius 3 is 2.48 bits per heavy atom. The van der Waals surface area contributed by atoms with E-state index in [-0.39, 0.29) is 16.8 Å². The minimum Gasteiger partial charge on any atom is -0.346 e. The molecule has 29 heavy (non-hydrogen) atoms. The summed E-state index contributed by atoms with van der Waals surface area (Å²) in [4.78, 5) is 13.0. The molecule has 1 fully saturated rings. The predicted molar refractivity (Wildman–Crippen MR) is 115 cm³/mol. The van der Waals surface area contributed by atoms with Crippen molar-refractivity contribution < 1.29 is 13.2 Å². The molecule has 0 unspecified atom stereocenters. The van der Waals surface area contributed by atoms with Gasteiger partial charge in [0, 0.05) is 18.7 Å². The number of nitrogens with zero attached hydrogens (tertiary/aromatic N) is 1. The number of benzene rings is 2. The highest BCUT2D eigenvalue weighted by Crippen LogP contribution is 2.24. The summed E-state index contributed by atoms with van der Waals surface area (Å²) in [6.07, 6.45) is 1.74. The molecular weight excluding hydrogens is 384 g/mol. The Kier molecular flexibility index (Phi) is 6.44. The van der Waals surface area contributed by atoms with Crippen LogP contribution in [0.1, 0.15) is 59.8 Å². The van der Waals surface area contributed by atoms with Gasteiger partial charge in [0.15, 0.2) is 0 Å². The molecule has 1 saturated heterocycles. The molecule has 0 saturated carbocycles. The minimum absolute atomic E-state index is 0.175. The molecule has 2 aromatic rings. The van der Waals surface area contributed by atoms with Crippen LogP contribution >= 0.6 is 0 Å². The summed E-state index contributed by atoms with van der Waals surface area (Å²) < 4.78 is 27.5. The number of hydrogen-bond acceptors (Lipinski definition) is 3. The lowest BCUT2D eigenvalue weighted by Crippen LogP contribution is -2.38. The first-order valence-corrected chi connectivity index (χ1v) is 11.6. The van der Waals surface area contributed by atoms with E-state index in [9.17, 15) is 13.2 Å². The number of piperidine rings is 1. The maximum absolute atomic E-state index is 13.0. The van der Waals surface area contributed by atoms with E-state index in [1.807, 2.05) is 32.9 Å². The monoisotopic (exact) mass is 414 g/mol. The van der Waals surface area contributed by atoms with Crippen molar-refractivity contribution in [1.82, 2.24) is 9.62 Å². The molecule has 1 N–H and O–H groups in total. The standard InChI is InChI=1S/C23H30N2O3S/c1-16-10-12-25(13-11-16)29(27,28)21-7-5-6-20(15-21)23(26)24-19(4)22-14-17(2)8-9-18(22)3/h5-9,14-16,19H,10-13H2,1-4H3,(H,24,26)/t19-/m1/s1. The van der Waals surface area contributed by atoms with Gasteiger partial charge in [-0.3, -0.25) is 4.79 Å². The smallest absolute Gasteiger partial charge is 0.251 e. The average molecular weight is 415 g/mol. The average Bonchev–Trinajstić information content (AvgIpc) is 2.70. The van der Waals surface area contributed by atoms with Crippen molar-refractivity contribution in [3.05, 3.63) is 64.7 Å². The van der Waals surface area contributed by atoms with E-state index in [0.717, 1.165) is 29.5 Å². The van der Waals surface area contributed by atoms with Gasteiger partial charge in [0.2, 0.25) is 10.0 Å². The van der Waals surface area contributed by atoms with Gasteiger partial charge in [0.05, 0.1) is 10.9 Å². The van der Waals surface area contributed by atoms with Crippen LogP contribution in [-0.4, -0.2) is 31.7 Å². The number of aryl methyl sites for hydroxylation is 2. The fourth-order valence-corrected chi connectivity index (χ4v) is 5.27. The maximum Gasteiger partial charge on any atom is 0.251 e. The summed E-state index contributed by atoms with van der Waals surface area (Å²) >= 11 is 0. The van der Waals surface area contributed by atoms with Crippen molar-refractivity contribution in [2.24, 2.45) is 5.92 Å². The Labute approximate surface area is 174 Å². The van der Waals surface area contributed by atoms with E-state index in [1.54, 1.807) is 18.2 Å². The van der Waals surface area contributed by atoms with Gasteiger partial charge in [0.25, 0.3) is 5.91 Å². The summed E-state index contributed by atoms with van der Waals surface area (Å²) in [5.74, 6) is 0.271. The first-order valence-electron chi connectivity index (χ1n) is 10.2. The van der Waals surface area contributed by atoms with Gasteiger partial charge < -0.3 is 5.32 Å². The number of sulfonamides is 1. The van der Waals surface area contributed by atoms with Gasteiger partial charge in [-0.2, -0.15) is 4.31 Å². The van der Waals surface area contributed by atoms with E-state index in [4.69, 9.17) is 0 Å². The zero-order valence-electron chi connectivity index (χ0n) is 17.6. The van der Waals surface area contributed by atoms with Crippen LogP contribution in [0.4, 0.5) is 0 Å². The molecule has 1 amide bonds. The van der Waals surface area contributed by atoms with E-state index in [2.05, 4.69) is 18.3 Å². The Morgan fingerprint density at radius 1 is 1.10 bits per heavy atom. The summed E-state index contributed by atoms with van der Waals surface area (Å²) in [5, 5.41) is 3.00. The van der Waals surface area contributed by atoms with Crippen LogP contribution < -0.4 is 5.32 Å². The Morgan fingerprint density at radius 2 is 1.79 bits per heavy atom. The van der Waals surface area contributed by atoms with Gasteiger partial charge in [0.1, 0.15) is 0 Å². The topological polar surface area (TPSA) is 66.5 Å². The number of nitrogens with one attached hydrogen (secondary N) is 1. The third kappa shape index (κ3) is 4.87. The second-order valence-corrected chi connectivity index (χ2v) is 10.1. The van der Waals surface area contributed by atoms with Crippen LogP contribution in [0.15, 0.2) is 47.4 Å². The lowest BCUT2D eigenvalue weighted by molar-refractivity contribution is 0.0939. The predicted octanol–water partition coefficient (Wildman–Crippen LogP) is 4.22. The molecule has 0 spiro atoms. The van der Waals surface area contributed by atoms with Gasteiger partial charge >= 0.3 is 0 Å². The minimum atomic E-state index is -3.58. The van der Waals surface area contributed by atoms with Crippen LogP contribution in [0.5, 0.6) is 0 Å². The number of carbonyl (C=O) groups is 1.